The van der Waals surface area contributed by atoms with Gasteiger partial charge in [0.25, 0.3) is 5.56 Å². The molecule has 0 saturated carbocycles. The van der Waals surface area contributed by atoms with E-state index in [9.17, 15) is 4.79 Å². The zero-order valence-electron chi connectivity index (χ0n) is 16.3. The highest BCUT2D eigenvalue weighted by atomic mass is 32.2. The molecule has 0 unspecified atom stereocenters. The number of nitrogens with zero attached hydrogens (tertiary/aromatic N) is 2. The number of aromatic nitrogens is 2. The quantitative estimate of drug-likeness (QED) is 0.537. The summed E-state index contributed by atoms with van der Waals surface area (Å²) in [6.07, 6.45) is 10.6. The highest BCUT2D eigenvalue weighted by Crippen LogP contribution is 2.35. The molecule has 1 aliphatic carbocycles. The Morgan fingerprint density at radius 1 is 1.04 bits per heavy atom. The fourth-order valence-electron chi connectivity index (χ4n) is 4.59. The van der Waals surface area contributed by atoms with Crippen LogP contribution in [0, 0.1) is 0 Å². The highest BCUT2D eigenvalue weighted by Gasteiger charge is 2.25. The normalized spacial score (nSPS) is 25.3. The maximum Gasteiger partial charge on any atom is 0.263 e. The summed E-state index contributed by atoms with van der Waals surface area (Å²) in [5.74, 6) is 0.870. The Bertz CT molecular complexity index is 895. The van der Waals surface area contributed by atoms with Gasteiger partial charge < -0.3 is 9.47 Å². The third-order valence-electron chi connectivity index (χ3n) is 6.12. The van der Waals surface area contributed by atoms with Gasteiger partial charge in [-0.1, -0.05) is 11.8 Å². The molecule has 2 fully saturated rings. The van der Waals surface area contributed by atoms with E-state index in [2.05, 4.69) is 0 Å². The van der Waals surface area contributed by atoms with Gasteiger partial charge in [0.1, 0.15) is 4.83 Å². The fourth-order valence-corrected chi connectivity index (χ4v) is 6.97. The molecule has 4 heterocycles. The van der Waals surface area contributed by atoms with Crippen molar-refractivity contribution in [1.82, 2.24) is 9.55 Å². The Labute approximate surface area is 173 Å². The number of rotatable bonds is 5. The van der Waals surface area contributed by atoms with Crippen LogP contribution >= 0.6 is 23.1 Å². The Morgan fingerprint density at radius 2 is 1.86 bits per heavy atom. The van der Waals surface area contributed by atoms with Gasteiger partial charge in [0, 0.05) is 23.8 Å². The molecule has 2 atom stereocenters. The van der Waals surface area contributed by atoms with Crippen molar-refractivity contribution in [2.45, 2.75) is 81.7 Å². The van der Waals surface area contributed by atoms with Crippen molar-refractivity contribution in [2.24, 2.45) is 0 Å². The van der Waals surface area contributed by atoms with E-state index in [0.29, 0.717) is 6.54 Å². The molecular weight excluding hydrogens is 392 g/mol. The smallest absolute Gasteiger partial charge is 0.263 e. The van der Waals surface area contributed by atoms with Crippen molar-refractivity contribution < 1.29 is 9.47 Å². The summed E-state index contributed by atoms with van der Waals surface area (Å²) in [7, 11) is 0. The molecule has 5 rings (SSSR count). The van der Waals surface area contributed by atoms with Crippen LogP contribution in [0.15, 0.2) is 9.95 Å². The van der Waals surface area contributed by atoms with E-state index in [1.165, 1.54) is 29.7 Å². The average Bonchev–Trinajstić information content (AvgIpc) is 3.37. The minimum Gasteiger partial charge on any atom is -0.377 e. The zero-order valence-corrected chi connectivity index (χ0v) is 17.9. The maximum atomic E-state index is 13.6. The molecule has 2 aromatic rings. The van der Waals surface area contributed by atoms with Gasteiger partial charge in [-0.2, -0.15) is 0 Å². The lowest BCUT2D eigenvalue weighted by Gasteiger charge is -2.23. The lowest BCUT2D eigenvalue weighted by atomic mass is 9.97. The summed E-state index contributed by atoms with van der Waals surface area (Å²) >= 11 is 3.43. The number of hydrogen-bond acceptors (Lipinski definition) is 6. The maximum absolute atomic E-state index is 13.6. The number of fused-ring (bicyclic) bond motifs is 3. The van der Waals surface area contributed by atoms with Crippen molar-refractivity contribution in [3.8, 4) is 0 Å². The summed E-state index contributed by atoms with van der Waals surface area (Å²) in [6, 6.07) is 0. The Hall–Kier alpha value is -0.890. The summed E-state index contributed by atoms with van der Waals surface area (Å²) in [4.78, 5) is 20.9. The second-order valence-corrected chi connectivity index (χ2v) is 10.2. The van der Waals surface area contributed by atoms with Crippen LogP contribution in [-0.2, 0) is 28.9 Å². The van der Waals surface area contributed by atoms with Crippen LogP contribution in [0.25, 0.3) is 10.2 Å². The molecule has 2 aromatic heterocycles. The molecule has 0 spiro atoms. The number of aryl methyl sites for hydroxylation is 2. The number of thiophene rings is 1. The molecule has 0 bridgehead atoms. The van der Waals surface area contributed by atoms with Crippen LogP contribution in [-0.4, -0.2) is 40.7 Å². The first-order valence-corrected chi connectivity index (χ1v) is 12.5. The van der Waals surface area contributed by atoms with Crippen LogP contribution in [0.1, 0.15) is 55.4 Å². The van der Waals surface area contributed by atoms with Crippen molar-refractivity contribution in [3.63, 3.8) is 0 Å². The van der Waals surface area contributed by atoms with Gasteiger partial charge in [0.15, 0.2) is 5.16 Å². The Balaban J connectivity index is 1.50. The largest absolute Gasteiger partial charge is 0.377 e. The first-order chi connectivity index (χ1) is 13.8. The predicted octanol–water partition coefficient (Wildman–Crippen LogP) is 4.18. The monoisotopic (exact) mass is 420 g/mol. The first kappa shape index (κ1) is 19.1. The number of hydrogen-bond donors (Lipinski definition) is 0. The summed E-state index contributed by atoms with van der Waals surface area (Å²) in [5, 5.41) is 1.73. The van der Waals surface area contributed by atoms with Crippen molar-refractivity contribution >= 4 is 33.3 Å². The van der Waals surface area contributed by atoms with Gasteiger partial charge in [-0.15, -0.1) is 11.3 Å². The van der Waals surface area contributed by atoms with Gasteiger partial charge in [-0.05, 0) is 63.4 Å². The molecule has 28 heavy (non-hydrogen) atoms. The molecule has 0 N–H and O–H groups in total. The fraction of sp³-hybridized carbons (Fsp3) is 0.714. The van der Waals surface area contributed by atoms with Gasteiger partial charge >= 0.3 is 0 Å². The van der Waals surface area contributed by atoms with Crippen LogP contribution < -0.4 is 5.56 Å². The second kappa shape index (κ2) is 8.46. The molecule has 0 aromatic carbocycles. The molecule has 7 heteroatoms. The van der Waals surface area contributed by atoms with E-state index in [-0.39, 0.29) is 17.8 Å². The van der Waals surface area contributed by atoms with E-state index in [4.69, 9.17) is 14.5 Å². The average molecular weight is 421 g/mol. The Morgan fingerprint density at radius 3 is 2.68 bits per heavy atom. The van der Waals surface area contributed by atoms with Crippen molar-refractivity contribution in [2.75, 3.05) is 19.0 Å². The number of ether oxygens (including phenoxy) is 2. The molecule has 0 radical (unpaired) electrons. The molecule has 0 amide bonds. The summed E-state index contributed by atoms with van der Waals surface area (Å²) < 4.78 is 13.7. The molecule has 2 aliphatic heterocycles. The zero-order chi connectivity index (χ0) is 18.9. The molecule has 5 nitrogen and oxygen atoms in total. The van der Waals surface area contributed by atoms with Gasteiger partial charge in [-0.25, -0.2) is 4.98 Å². The molecule has 2 saturated heterocycles. The van der Waals surface area contributed by atoms with Crippen LogP contribution in [0.3, 0.4) is 0 Å². The topological polar surface area (TPSA) is 53.3 Å². The van der Waals surface area contributed by atoms with Crippen LogP contribution in [0.2, 0.25) is 0 Å². The van der Waals surface area contributed by atoms with E-state index >= 15 is 0 Å². The predicted molar refractivity (Wildman–Crippen MR) is 114 cm³/mol. The van der Waals surface area contributed by atoms with Gasteiger partial charge in [-0.3, -0.25) is 9.36 Å². The van der Waals surface area contributed by atoms with Crippen LogP contribution in [0.4, 0.5) is 0 Å². The number of thioether (sulfide) groups is 1. The molecule has 152 valence electrons. The first-order valence-electron chi connectivity index (χ1n) is 10.7. The Kier molecular flexibility index (Phi) is 5.77. The van der Waals surface area contributed by atoms with E-state index in [1.807, 2.05) is 4.57 Å². The minimum atomic E-state index is 0.136. The van der Waals surface area contributed by atoms with Gasteiger partial charge in [0.05, 0.1) is 24.1 Å². The standard InChI is InChI=1S/C21H28N2O3S2/c24-20-18-16-8-1-2-9-17(16)28-19(18)22-21(23(20)12-14-7-5-11-25-14)27-13-15-6-3-4-10-26-15/h14-15H,1-13H2/t14-,15+/m0/s1. The van der Waals surface area contributed by atoms with E-state index in [1.54, 1.807) is 23.1 Å². The summed E-state index contributed by atoms with van der Waals surface area (Å²) in [6.45, 7) is 2.29. The second-order valence-electron chi connectivity index (χ2n) is 8.14. The molecule has 3 aliphatic rings. The van der Waals surface area contributed by atoms with Crippen molar-refractivity contribution in [1.29, 1.82) is 0 Å². The van der Waals surface area contributed by atoms with Crippen LogP contribution in [0.5, 0.6) is 0 Å². The minimum absolute atomic E-state index is 0.136. The molecular formula is C21H28N2O3S2. The third kappa shape index (κ3) is 3.78. The van der Waals surface area contributed by atoms with Gasteiger partial charge in [0.2, 0.25) is 0 Å². The van der Waals surface area contributed by atoms with Crippen molar-refractivity contribution in [3.05, 3.63) is 20.8 Å². The van der Waals surface area contributed by atoms with E-state index in [0.717, 1.165) is 72.9 Å². The third-order valence-corrected chi connectivity index (χ3v) is 8.42. The highest BCUT2D eigenvalue weighted by molar-refractivity contribution is 7.99. The SMILES string of the molecule is O=c1c2c3c(sc2nc(SC[C@H]2CCCCO2)n1C[C@@H]1CCCO1)CCCC3. The van der Waals surface area contributed by atoms with E-state index < -0.39 is 0 Å². The lowest BCUT2D eigenvalue weighted by Crippen LogP contribution is -2.29. The summed E-state index contributed by atoms with van der Waals surface area (Å²) in [5.41, 5.74) is 1.42. The lowest BCUT2D eigenvalue weighted by molar-refractivity contribution is 0.0315.